The average Bonchev–Trinajstić information content (AvgIpc) is 3.29. The van der Waals surface area contributed by atoms with Gasteiger partial charge in [0.05, 0.1) is 0 Å². The molecule has 0 saturated carbocycles. The molecule has 2 aromatic rings. The smallest absolute Gasteiger partial charge is 0.126 e. The van der Waals surface area contributed by atoms with Gasteiger partial charge in [-0.15, -0.1) is 9.24 Å². The van der Waals surface area contributed by atoms with Crippen LogP contribution in [0.15, 0.2) is 59.1 Å². The Balaban J connectivity index is 1.28. The fraction of sp³-hybridized carbons (Fsp3) is 0.483. The molecular formula is C29H38N3OP. The van der Waals surface area contributed by atoms with E-state index in [0.717, 1.165) is 36.4 Å². The van der Waals surface area contributed by atoms with Crippen LogP contribution in [0.1, 0.15) is 56.9 Å². The number of allylic oxidation sites excluding steroid dienone is 4. The molecule has 180 valence electrons. The topological polar surface area (TPSA) is 51.4 Å². The maximum atomic E-state index is 6.38. The zero-order valence-corrected chi connectivity index (χ0v) is 21.4. The molecule has 3 aliphatic rings. The number of ether oxygens (including phenoxy) is 1. The minimum Gasteiger partial charge on any atom is -0.492 e. The summed E-state index contributed by atoms with van der Waals surface area (Å²) in [6, 6.07) is 10.7. The van der Waals surface area contributed by atoms with Crippen LogP contribution in [0.2, 0.25) is 0 Å². The summed E-state index contributed by atoms with van der Waals surface area (Å²) < 4.78 is 5.98. The van der Waals surface area contributed by atoms with Crippen molar-refractivity contribution in [2.45, 2.75) is 57.8 Å². The lowest BCUT2D eigenvalue weighted by Crippen LogP contribution is -2.25. The van der Waals surface area contributed by atoms with Gasteiger partial charge in [-0.2, -0.15) is 0 Å². The molecule has 1 aliphatic heterocycles. The van der Waals surface area contributed by atoms with Gasteiger partial charge in [-0.25, -0.2) is 4.98 Å². The Bertz CT molecular complexity index is 1050. The molecule has 34 heavy (non-hydrogen) atoms. The Hall–Kier alpha value is -2.16. The average molecular weight is 476 g/mol. The highest BCUT2D eigenvalue weighted by molar-refractivity contribution is 7.22. The van der Waals surface area contributed by atoms with E-state index in [9.17, 15) is 0 Å². The van der Waals surface area contributed by atoms with E-state index in [1.165, 1.54) is 75.3 Å². The number of nitrogens with two attached hydrogens (primary N) is 1. The normalized spacial score (nSPS) is 21.2. The molecule has 2 N–H and O–H groups in total. The highest BCUT2D eigenvalue weighted by Gasteiger charge is 2.24. The zero-order chi connectivity index (χ0) is 23.3. The Kier molecular flexibility index (Phi) is 7.67. The molecule has 1 aromatic carbocycles. The molecule has 0 spiro atoms. The van der Waals surface area contributed by atoms with E-state index >= 15 is 0 Å². The van der Waals surface area contributed by atoms with Gasteiger partial charge in [0.25, 0.3) is 0 Å². The number of aromatic nitrogens is 1. The minimum absolute atomic E-state index is 0.541. The summed E-state index contributed by atoms with van der Waals surface area (Å²) in [6.07, 6.45) is 15.5. The van der Waals surface area contributed by atoms with E-state index in [2.05, 4.69) is 55.5 Å². The third-order valence-electron chi connectivity index (χ3n) is 7.72. The molecule has 0 bridgehead atoms. The molecule has 2 aliphatic carbocycles. The first-order chi connectivity index (χ1) is 16.7. The maximum absolute atomic E-state index is 6.38. The number of rotatable bonds is 7. The summed E-state index contributed by atoms with van der Waals surface area (Å²) in [5, 5.41) is 1.44. The van der Waals surface area contributed by atoms with Crippen molar-refractivity contribution >= 4 is 15.1 Å². The molecule has 1 aromatic heterocycles. The number of anilines is 1. The minimum atomic E-state index is 0.541. The van der Waals surface area contributed by atoms with Crippen molar-refractivity contribution in [2.75, 3.05) is 32.0 Å². The monoisotopic (exact) mass is 475 g/mol. The van der Waals surface area contributed by atoms with E-state index in [1.54, 1.807) is 11.1 Å². The van der Waals surface area contributed by atoms with Crippen molar-refractivity contribution in [1.82, 2.24) is 9.88 Å². The molecule has 1 fully saturated rings. The lowest BCUT2D eigenvalue weighted by Gasteiger charge is -2.24. The van der Waals surface area contributed by atoms with Crippen molar-refractivity contribution < 1.29 is 4.74 Å². The number of likely N-dealkylation sites (tertiary alicyclic amines) is 1. The number of hydrogen-bond acceptors (Lipinski definition) is 4. The number of pyridine rings is 1. The van der Waals surface area contributed by atoms with Gasteiger partial charge in [-0.3, -0.25) is 4.90 Å². The summed E-state index contributed by atoms with van der Waals surface area (Å²) in [4.78, 5) is 7.06. The van der Waals surface area contributed by atoms with Crippen LogP contribution in [-0.4, -0.2) is 36.1 Å². The summed E-state index contributed by atoms with van der Waals surface area (Å²) in [5.74, 6) is 2.14. The molecule has 4 nitrogen and oxygen atoms in total. The standard InChI is InChI=1S/C29H38N3OP/c30-29-24(17-23-6-2-1-5-22-9-12-27(34)19-28(22)23)18-25(20-31-29)21-7-10-26(11-8-21)33-16-15-32-13-3-4-14-32/h7-8,10-11,18-20,23H,1-6,9,12-17,34H2,(H2,30,31). The second-order valence-corrected chi connectivity index (χ2v) is 10.9. The van der Waals surface area contributed by atoms with Gasteiger partial charge in [0.1, 0.15) is 18.2 Å². The van der Waals surface area contributed by atoms with Crippen LogP contribution in [-0.2, 0) is 6.42 Å². The summed E-state index contributed by atoms with van der Waals surface area (Å²) in [7, 11) is 2.94. The molecule has 5 rings (SSSR count). The molecule has 5 heteroatoms. The molecular weight excluding hydrogens is 437 g/mol. The zero-order valence-electron chi connectivity index (χ0n) is 20.3. The lowest BCUT2D eigenvalue weighted by molar-refractivity contribution is 0.238. The Morgan fingerprint density at radius 2 is 1.82 bits per heavy atom. The largest absolute Gasteiger partial charge is 0.492 e. The van der Waals surface area contributed by atoms with Crippen LogP contribution in [0.4, 0.5) is 5.82 Å². The lowest BCUT2D eigenvalue weighted by atomic mass is 9.83. The third-order valence-corrected chi connectivity index (χ3v) is 8.17. The van der Waals surface area contributed by atoms with Crippen molar-refractivity contribution in [3.63, 3.8) is 0 Å². The van der Waals surface area contributed by atoms with Crippen molar-refractivity contribution in [3.8, 4) is 16.9 Å². The van der Waals surface area contributed by atoms with Crippen molar-refractivity contribution in [2.24, 2.45) is 5.92 Å². The molecule has 1 saturated heterocycles. The van der Waals surface area contributed by atoms with Gasteiger partial charge in [-0.05, 0) is 105 Å². The van der Waals surface area contributed by atoms with Crippen molar-refractivity contribution in [1.29, 1.82) is 0 Å². The van der Waals surface area contributed by atoms with Gasteiger partial charge < -0.3 is 10.5 Å². The first kappa shape index (κ1) is 23.6. The quantitative estimate of drug-likeness (QED) is 0.472. The second-order valence-electron chi connectivity index (χ2n) is 10.1. The summed E-state index contributed by atoms with van der Waals surface area (Å²) in [5.41, 5.74) is 13.1. The fourth-order valence-corrected chi connectivity index (χ4v) is 6.06. The van der Waals surface area contributed by atoms with Gasteiger partial charge in [0.15, 0.2) is 0 Å². The molecule has 0 amide bonds. The van der Waals surface area contributed by atoms with Crippen molar-refractivity contribution in [3.05, 3.63) is 64.6 Å². The third kappa shape index (κ3) is 5.73. The van der Waals surface area contributed by atoms with Crippen LogP contribution >= 0.6 is 9.24 Å². The van der Waals surface area contributed by atoms with E-state index < -0.39 is 0 Å². The number of nitrogens with zero attached hydrogens (tertiary/aromatic N) is 2. The second kappa shape index (κ2) is 11.1. The first-order valence-corrected chi connectivity index (χ1v) is 13.6. The van der Waals surface area contributed by atoms with E-state index in [1.807, 2.05) is 6.20 Å². The fourth-order valence-electron chi connectivity index (χ4n) is 5.74. The Morgan fingerprint density at radius 1 is 1.00 bits per heavy atom. The Morgan fingerprint density at radius 3 is 2.65 bits per heavy atom. The van der Waals surface area contributed by atoms with Gasteiger partial charge in [-0.1, -0.05) is 35.5 Å². The van der Waals surface area contributed by atoms with Gasteiger partial charge in [0.2, 0.25) is 0 Å². The number of hydrogen-bond donors (Lipinski definition) is 1. The molecule has 2 atom stereocenters. The van der Waals surface area contributed by atoms with Crippen LogP contribution < -0.4 is 10.5 Å². The Labute approximate surface area is 206 Å². The molecule has 2 heterocycles. The van der Waals surface area contributed by atoms with Crippen LogP contribution in [0.5, 0.6) is 5.75 Å². The van der Waals surface area contributed by atoms with Gasteiger partial charge >= 0.3 is 0 Å². The number of nitrogen functional groups attached to an aromatic ring is 1. The first-order valence-electron chi connectivity index (χ1n) is 13.0. The van der Waals surface area contributed by atoms with E-state index in [4.69, 9.17) is 10.5 Å². The predicted octanol–water partition coefficient (Wildman–Crippen LogP) is 6.39. The van der Waals surface area contributed by atoms with Crippen LogP contribution in [0, 0.1) is 5.92 Å². The van der Waals surface area contributed by atoms with Crippen LogP contribution in [0.25, 0.3) is 11.1 Å². The summed E-state index contributed by atoms with van der Waals surface area (Å²) >= 11 is 0. The van der Waals surface area contributed by atoms with Gasteiger partial charge in [0, 0.05) is 18.3 Å². The summed E-state index contributed by atoms with van der Waals surface area (Å²) in [6.45, 7) is 4.18. The van der Waals surface area contributed by atoms with E-state index in [0.29, 0.717) is 11.7 Å². The highest BCUT2D eigenvalue weighted by Crippen LogP contribution is 2.40. The molecule has 0 radical (unpaired) electrons. The molecule has 2 unspecified atom stereocenters. The SMILES string of the molecule is Nc1ncc(-c2ccc(OCCN3CCCC3)cc2)cc1CC1CCCCC2=C1C=C(P)CC2. The maximum Gasteiger partial charge on any atom is 0.126 e. The van der Waals surface area contributed by atoms with E-state index in [-0.39, 0.29) is 0 Å². The predicted molar refractivity (Wildman–Crippen MR) is 145 cm³/mol. The van der Waals surface area contributed by atoms with Crippen LogP contribution in [0.3, 0.4) is 0 Å². The number of benzene rings is 1. The highest BCUT2D eigenvalue weighted by atomic mass is 31.0.